The van der Waals surface area contributed by atoms with Crippen LogP contribution in [-0.4, -0.2) is 35.2 Å². The number of rotatable bonds is 7. The van der Waals surface area contributed by atoms with Gasteiger partial charge < -0.3 is 15.2 Å². The zero-order chi connectivity index (χ0) is 14.1. The van der Waals surface area contributed by atoms with Gasteiger partial charge in [-0.3, -0.25) is 4.79 Å². The van der Waals surface area contributed by atoms with Crippen molar-refractivity contribution in [2.75, 3.05) is 18.5 Å². The Labute approximate surface area is 111 Å². The van der Waals surface area contributed by atoms with Crippen LogP contribution in [0.3, 0.4) is 0 Å². The molecule has 1 aromatic rings. The Morgan fingerprint density at radius 3 is 2.95 bits per heavy atom. The molecule has 0 bridgehead atoms. The minimum atomic E-state index is -1.05. The van der Waals surface area contributed by atoms with Crippen LogP contribution < -0.4 is 5.32 Å². The Morgan fingerprint density at radius 2 is 2.26 bits per heavy atom. The number of anilines is 1. The first kappa shape index (κ1) is 14.8. The average Bonchev–Trinajstić information content (AvgIpc) is 2.37. The second-order valence-corrected chi connectivity index (χ2v) is 3.72. The number of pyridine rings is 1. The zero-order valence-electron chi connectivity index (χ0n) is 10.6. The van der Waals surface area contributed by atoms with E-state index in [-0.39, 0.29) is 12.5 Å². The molecule has 0 unspecified atom stereocenters. The number of carboxylic acid groups (broad SMARTS) is 1. The van der Waals surface area contributed by atoms with E-state index in [0.717, 1.165) is 12.5 Å². The lowest BCUT2D eigenvalue weighted by Crippen LogP contribution is -2.19. The molecule has 0 saturated heterocycles. The molecular formula is C13H16N2O4. The van der Waals surface area contributed by atoms with Crippen LogP contribution in [0.25, 0.3) is 6.08 Å². The van der Waals surface area contributed by atoms with Crippen LogP contribution in [-0.2, 0) is 14.3 Å². The second-order valence-electron chi connectivity index (χ2n) is 3.72. The van der Waals surface area contributed by atoms with E-state index in [4.69, 9.17) is 9.84 Å². The second kappa shape index (κ2) is 7.99. The van der Waals surface area contributed by atoms with Crippen LogP contribution in [0.2, 0.25) is 0 Å². The molecular weight excluding hydrogens is 248 g/mol. The fraction of sp³-hybridized carbons (Fsp3) is 0.308. The summed E-state index contributed by atoms with van der Waals surface area (Å²) in [5, 5.41) is 11.1. The van der Waals surface area contributed by atoms with Crippen molar-refractivity contribution in [3.05, 3.63) is 30.0 Å². The van der Waals surface area contributed by atoms with E-state index < -0.39 is 5.97 Å². The maximum Gasteiger partial charge on any atom is 0.328 e. The fourth-order valence-corrected chi connectivity index (χ4v) is 1.26. The van der Waals surface area contributed by atoms with Crippen LogP contribution in [0.1, 0.15) is 19.0 Å². The van der Waals surface area contributed by atoms with Crippen molar-refractivity contribution in [3.8, 4) is 0 Å². The van der Waals surface area contributed by atoms with Gasteiger partial charge in [-0.1, -0.05) is 13.0 Å². The molecule has 0 aliphatic rings. The van der Waals surface area contributed by atoms with E-state index >= 15 is 0 Å². The van der Waals surface area contributed by atoms with Gasteiger partial charge in [0.15, 0.2) is 0 Å². The number of nitrogens with zero attached hydrogens (tertiary/aromatic N) is 1. The van der Waals surface area contributed by atoms with Gasteiger partial charge in [-0.2, -0.15) is 0 Å². The minimum Gasteiger partial charge on any atom is -0.478 e. The standard InChI is InChI=1S/C13H16N2O4/c1-2-8-19-9-12(16)15-11-5-3-4-10(14-11)6-7-13(17)18/h3-7H,2,8-9H2,1H3,(H,17,18)(H,14,15,16)/b7-6+. The molecule has 1 rings (SSSR count). The number of carbonyl (C=O) groups is 2. The Hall–Kier alpha value is -2.21. The highest BCUT2D eigenvalue weighted by molar-refractivity contribution is 5.91. The van der Waals surface area contributed by atoms with Gasteiger partial charge in [0.2, 0.25) is 0 Å². The molecule has 1 heterocycles. The molecule has 0 aromatic carbocycles. The number of carboxylic acids is 1. The van der Waals surface area contributed by atoms with Crippen LogP contribution in [0.5, 0.6) is 0 Å². The third-order valence-corrected chi connectivity index (χ3v) is 2.02. The molecule has 0 radical (unpaired) electrons. The first-order chi connectivity index (χ1) is 9.11. The predicted octanol–water partition coefficient (Wildman–Crippen LogP) is 1.54. The van der Waals surface area contributed by atoms with Crippen molar-refractivity contribution in [1.29, 1.82) is 0 Å². The number of hydrogen-bond donors (Lipinski definition) is 2. The van der Waals surface area contributed by atoms with E-state index in [0.29, 0.717) is 18.1 Å². The summed E-state index contributed by atoms with van der Waals surface area (Å²) in [5.41, 5.74) is 0.453. The van der Waals surface area contributed by atoms with Crippen molar-refractivity contribution < 1.29 is 19.4 Å². The van der Waals surface area contributed by atoms with E-state index in [1.165, 1.54) is 6.08 Å². The molecule has 102 valence electrons. The smallest absolute Gasteiger partial charge is 0.328 e. The monoisotopic (exact) mass is 264 g/mol. The molecule has 0 spiro atoms. The molecule has 6 nitrogen and oxygen atoms in total. The van der Waals surface area contributed by atoms with Gasteiger partial charge in [-0.25, -0.2) is 9.78 Å². The normalized spacial score (nSPS) is 10.6. The van der Waals surface area contributed by atoms with Gasteiger partial charge in [0.1, 0.15) is 12.4 Å². The number of ether oxygens (including phenoxy) is 1. The first-order valence-electron chi connectivity index (χ1n) is 5.87. The minimum absolute atomic E-state index is 0.0231. The van der Waals surface area contributed by atoms with Crippen molar-refractivity contribution in [1.82, 2.24) is 4.98 Å². The third kappa shape index (κ3) is 6.32. The highest BCUT2D eigenvalue weighted by Crippen LogP contribution is 2.06. The fourth-order valence-electron chi connectivity index (χ4n) is 1.26. The Balaban J connectivity index is 2.56. The summed E-state index contributed by atoms with van der Waals surface area (Å²) >= 11 is 0. The van der Waals surface area contributed by atoms with Gasteiger partial charge in [0, 0.05) is 12.7 Å². The topological polar surface area (TPSA) is 88.5 Å². The van der Waals surface area contributed by atoms with Crippen LogP contribution in [0.15, 0.2) is 24.3 Å². The molecule has 0 saturated carbocycles. The maximum atomic E-state index is 11.5. The predicted molar refractivity (Wildman–Crippen MR) is 70.6 cm³/mol. The van der Waals surface area contributed by atoms with Gasteiger partial charge in [0.25, 0.3) is 5.91 Å². The largest absolute Gasteiger partial charge is 0.478 e. The van der Waals surface area contributed by atoms with Crippen LogP contribution >= 0.6 is 0 Å². The van der Waals surface area contributed by atoms with Crippen molar-refractivity contribution in [2.24, 2.45) is 0 Å². The SMILES string of the molecule is CCCOCC(=O)Nc1cccc(/C=C/C(=O)O)n1. The molecule has 0 aliphatic heterocycles. The summed E-state index contributed by atoms with van der Waals surface area (Å²) in [5.74, 6) is -0.984. The Morgan fingerprint density at radius 1 is 1.47 bits per heavy atom. The number of aromatic nitrogens is 1. The molecule has 0 aliphatic carbocycles. The summed E-state index contributed by atoms with van der Waals surface area (Å²) < 4.78 is 5.09. The van der Waals surface area contributed by atoms with Crippen molar-refractivity contribution in [3.63, 3.8) is 0 Å². The lowest BCUT2D eigenvalue weighted by molar-refractivity contribution is -0.131. The van der Waals surface area contributed by atoms with Crippen LogP contribution in [0.4, 0.5) is 5.82 Å². The zero-order valence-corrected chi connectivity index (χ0v) is 10.6. The van der Waals surface area contributed by atoms with Gasteiger partial charge in [-0.15, -0.1) is 0 Å². The quantitative estimate of drug-likeness (QED) is 0.576. The highest BCUT2D eigenvalue weighted by atomic mass is 16.5. The lowest BCUT2D eigenvalue weighted by atomic mass is 10.3. The summed E-state index contributed by atoms with van der Waals surface area (Å²) in [7, 11) is 0. The average molecular weight is 264 g/mol. The van der Waals surface area contributed by atoms with E-state index in [1.807, 2.05) is 6.92 Å². The number of hydrogen-bond acceptors (Lipinski definition) is 4. The van der Waals surface area contributed by atoms with E-state index in [2.05, 4.69) is 10.3 Å². The third-order valence-electron chi connectivity index (χ3n) is 2.02. The van der Waals surface area contributed by atoms with E-state index in [9.17, 15) is 9.59 Å². The molecule has 1 amide bonds. The molecule has 0 fully saturated rings. The molecule has 0 atom stereocenters. The molecule has 6 heteroatoms. The van der Waals surface area contributed by atoms with Crippen molar-refractivity contribution in [2.45, 2.75) is 13.3 Å². The Bertz CT molecular complexity index is 471. The van der Waals surface area contributed by atoms with E-state index in [1.54, 1.807) is 18.2 Å². The van der Waals surface area contributed by atoms with Gasteiger partial charge in [-0.05, 0) is 24.6 Å². The maximum absolute atomic E-state index is 11.5. The number of amides is 1. The summed E-state index contributed by atoms with van der Waals surface area (Å²) in [6.45, 7) is 2.46. The number of aliphatic carboxylic acids is 1. The highest BCUT2D eigenvalue weighted by Gasteiger charge is 2.03. The van der Waals surface area contributed by atoms with Crippen molar-refractivity contribution >= 4 is 23.8 Å². The van der Waals surface area contributed by atoms with Gasteiger partial charge >= 0.3 is 5.97 Å². The molecule has 1 aromatic heterocycles. The summed E-state index contributed by atoms with van der Waals surface area (Å²) in [6, 6.07) is 4.94. The summed E-state index contributed by atoms with van der Waals surface area (Å²) in [6.07, 6.45) is 3.19. The van der Waals surface area contributed by atoms with Crippen LogP contribution in [0, 0.1) is 0 Å². The molecule has 2 N–H and O–H groups in total. The lowest BCUT2D eigenvalue weighted by Gasteiger charge is -2.05. The van der Waals surface area contributed by atoms with Gasteiger partial charge in [0.05, 0.1) is 5.69 Å². The first-order valence-corrected chi connectivity index (χ1v) is 5.87. The Kier molecular flexibility index (Phi) is 6.25. The number of nitrogens with one attached hydrogen (secondary N) is 1. The number of carbonyl (C=O) groups excluding carboxylic acids is 1. The summed E-state index contributed by atoms with van der Waals surface area (Å²) in [4.78, 5) is 25.9. The molecule has 19 heavy (non-hydrogen) atoms.